The van der Waals surface area contributed by atoms with Crippen LogP contribution in [-0.2, 0) is 20.9 Å². The summed E-state index contributed by atoms with van der Waals surface area (Å²) in [7, 11) is 0. The van der Waals surface area contributed by atoms with Gasteiger partial charge in [0.2, 0.25) is 17.7 Å². The second kappa shape index (κ2) is 24.4. The topological polar surface area (TPSA) is 166 Å². The number of aliphatic imine (C=N–C) groups is 1. The highest BCUT2D eigenvalue weighted by molar-refractivity contribution is 6.03. The molecule has 0 spiro atoms. The Balaban J connectivity index is 0.846. The van der Waals surface area contributed by atoms with Crippen LogP contribution in [0.15, 0.2) is 96.2 Å². The number of hydrogen-bond donors (Lipinski definition) is 4. The Morgan fingerprint density at radius 1 is 0.826 bits per heavy atom. The lowest BCUT2D eigenvalue weighted by atomic mass is 9.80. The number of aliphatic hydroxyl groups excluding tert-OH is 2. The number of carbonyl (C=O) groups is 3. The van der Waals surface area contributed by atoms with Crippen LogP contribution in [0.25, 0.3) is 33.4 Å². The third kappa shape index (κ3) is 13.8. The lowest BCUT2D eigenvalue weighted by Gasteiger charge is -2.30. The van der Waals surface area contributed by atoms with Crippen molar-refractivity contribution in [1.29, 1.82) is 5.41 Å². The van der Waals surface area contributed by atoms with E-state index in [0.717, 1.165) is 122 Å². The number of carbonyl (C=O) groups excluding carboxylic acids is 3. The van der Waals surface area contributed by atoms with Gasteiger partial charge in [-0.1, -0.05) is 125 Å². The zero-order valence-corrected chi connectivity index (χ0v) is 40.8. The van der Waals surface area contributed by atoms with Crippen molar-refractivity contribution < 1.29 is 24.6 Å². The minimum absolute atomic E-state index is 0.0673. The molecule has 1 aliphatic heterocycles. The van der Waals surface area contributed by atoms with Crippen LogP contribution >= 0.6 is 0 Å². The Labute approximate surface area is 407 Å². The summed E-state index contributed by atoms with van der Waals surface area (Å²) in [6, 6.07) is 29.2. The monoisotopic (exact) mass is 934 g/mol. The zero-order chi connectivity index (χ0) is 48.8. The van der Waals surface area contributed by atoms with Gasteiger partial charge in [-0.05, 0) is 92.0 Å². The van der Waals surface area contributed by atoms with Crippen molar-refractivity contribution >= 4 is 35.0 Å². The van der Waals surface area contributed by atoms with Crippen LogP contribution in [0.5, 0.6) is 0 Å². The van der Waals surface area contributed by atoms with Crippen LogP contribution in [0.1, 0.15) is 134 Å². The van der Waals surface area contributed by atoms with Crippen LogP contribution in [0.4, 0.5) is 0 Å². The molecule has 2 aliphatic rings. The van der Waals surface area contributed by atoms with Crippen molar-refractivity contribution in [2.45, 2.75) is 142 Å². The minimum atomic E-state index is -0.519. The van der Waals surface area contributed by atoms with E-state index in [-0.39, 0.29) is 35.3 Å². The van der Waals surface area contributed by atoms with Crippen LogP contribution in [-0.4, -0.2) is 85.0 Å². The molecule has 0 bridgehead atoms. The molecule has 364 valence electrons. The van der Waals surface area contributed by atoms with Crippen molar-refractivity contribution in [2.24, 2.45) is 16.3 Å². The third-order valence-corrected chi connectivity index (χ3v) is 13.6. The van der Waals surface area contributed by atoms with E-state index in [1.54, 1.807) is 4.90 Å². The fourth-order valence-electron chi connectivity index (χ4n) is 9.62. The van der Waals surface area contributed by atoms with Gasteiger partial charge in [-0.15, -0.1) is 0 Å². The lowest BCUT2D eigenvalue weighted by molar-refractivity contribution is -0.135. The predicted molar refractivity (Wildman–Crippen MR) is 273 cm³/mol. The maximum atomic E-state index is 13.1. The van der Waals surface area contributed by atoms with Crippen molar-refractivity contribution in [3.63, 3.8) is 0 Å². The maximum Gasteiger partial charge on any atom is 0.245 e. The first-order valence-corrected chi connectivity index (χ1v) is 25.2. The molecular formula is C57H71N7O5. The predicted octanol–water partition coefficient (Wildman–Crippen LogP) is 9.40. The molecule has 3 heterocycles. The molecule has 12 nitrogen and oxygen atoms in total. The normalized spacial score (nSPS) is 17.8. The molecule has 2 atom stereocenters. The molecule has 2 fully saturated rings. The molecule has 12 heteroatoms. The maximum absolute atomic E-state index is 13.1. The van der Waals surface area contributed by atoms with Crippen LogP contribution < -0.4 is 10.8 Å². The highest BCUT2D eigenvalue weighted by Crippen LogP contribution is 2.40. The quantitative estimate of drug-likeness (QED) is 0.0366. The minimum Gasteiger partial charge on any atom is -0.393 e. The first-order chi connectivity index (χ1) is 33.4. The molecule has 69 heavy (non-hydrogen) atoms. The average Bonchev–Trinajstić information content (AvgIpc) is 3.93. The number of likely N-dealkylation sites (tertiary alicyclic amines) is 1. The molecule has 7 rings (SSSR count). The third-order valence-electron chi connectivity index (χ3n) is 13.6. The molecule has 2 aromatic heterocycles. The number of unbranched alkanes of at least 4 members (excludes halogenated alkanes) is 6. The molecule has 1 unspecified atom stereocenters. The van der Waals surface area contributed by atoms with Crippen LogP contribution in [0, 0.1) is 28.6 Å². The number of amides is 3. The first kappa shape index (κ1) is 50.7. The molecule has 1 saturated carbocycles. The number of nitrogens with one attached hydrogen (secondary N) is 2. The summed E-state index contributed by atoms with van der Waals surface area (Å²) in [5, 5.41) is 33.6. The number of benzene rings is 3. The van der Waals surface area contributed by atoms with Gasteiger partial charge in [0.05, 0.1) is 35.5 Å². The van der Waals surface area contributed by atoms with E-state index in [1.165, 1.54) is 6.21 Å². The standard InChI is InChI=1S/C57H71N7O5/c1-57(2,3)48(56(69)62-36-34-47(66)39-62)37-60-50(68)25-17-6-4-5-16-24-49(67)59-35-18-8-7-11-19-41-26-28-42(29-27-41)38-63-53(44-22-14-10-15-23-44)51(43-20-12-9-13-21-43)52-54(58)64(40-61-55(52)63)45-30-32-46(65)33-31-45/h9-10,12-15,20-23,26-29,37,40,45-48,58,65-66H,4-8,16-18,24-25,30-36,38-39H2,1-3H3,(H,59,67)/t45?,46?,47-,48?/m1/s1. The van der Waals surface area contributed by atoms with Gasteiger partial charge in [-0.25, -0.2) is 9.98 Å². The summed E-state index contributed by atoms with van der Waals surface area (Å²) in [5.41, 5.74) is 7.00. The van der Waals surface area contributed by atoms with Crippen molar-refractivity contribution in [2.75, 3.05) is 19.6 Å². The SMILES string of the molecule is CC(C)(C)C(C=NC(=O)CCCCCCCC(=O)NCCCCC#Cc1ccc(Cn2c(-c3ccccc3)c(-c3ccccc3)c3c(=N)n(C4CCC(O)CC4)cnc32)cc1)C(=O)N1CC[C@@H](O)C1. The molecule has 5 aromatic rings. The molecule has 3 aromatic carbocycles. The Bertz CT molecular complexity index is 2650. The second-order valence-electron chi connectivity index (χ2n) is 20.0. The lowest BCUT2D eigenvalue weighted by Crippen LogP contribution is -2.41. The summed E-state index contributed by atoms with van der Waals surface area (Å²) in [4.78, 5) is 48.9. The molecule has 3 amide bonds. The molecule has 1 saturated heterocycles. The number of hydrogen-bond acceptors (Lipinski definition) is 7. The summed E-state index contributed by atoms with van der Waals surface area (Å²) >= 11 is 0. The summed E-state index contributed by atoms with van der Waals surface area (Å²) < 4.78 is 4.27. The summed E-state index contributed by atoms with van der Waals surface area (Å²) in [5.74, 6) is 5.86. The van der Waals surface area contributed by atoms with E-state index in [0.29, 0.717) is 50.9 Å². The summed E-state index contributed by atoms with van der Waals surface area (Å²) in [6.07, 6.45) is 13.9. The van der Waals surface area contributed by atoms with Gasteiger partial charge in [0.15, 0.2) is 0 Å². The second-order valence-corrected chi connectivity index (χ2v) is 20.0. The number of nitrogens with zero attached hydrogens (tertiary/aromatic N) is 5. The number of aromatic nitrogens is 3. The number of aliphatic hydroxyl groups is 2. The van der Waals surface area contributed by atoms with Crippen molar-refractivity contribution in [3.05, 3.63) is 108 Å². The first-order valence-electron chi connectivity index (χ1n) is 25.2. The van der Waals surface area contributed by atoms with Crippen LogP contribution in [0.3, 0.4) is 0 Å². The fraction of sp³-hybridized carbons (Fsp3) is 0.474. The van der Waals surface area contributed by atoms with E-state index in [1.807, 2.05) is 55.9 Å². The Hall–Kier alpha value is -6.16. The van der Waals surface area contributed by atoms with Gasteiger partial charge in [0.1, 0.15) is 11.1 Å². The highest BCUT2D eigenvalue weighted by Gasteiger charge is 2.36. The number of fused-ring (bicyclic) bond motifs is 1. The summed E-state index contributed by atoms with van der Waals surface area (Å²) in [6.45, 7) is 7.94. The zero-order valence-electron chi connectivity index (χ0n) is 40.8. The van der Waals surface area contributed by atoms with Crippen LogP contribution in [0.2, 0.25) is 0 Å². The van der Waals surface area contributed by atoms with Gasteiger partial charge in [-0.3, -0.25) is 19.8 Å². The Morgan fingerprint density at radius 3 is 2.16 bits per heavy atom. The largest absolute Gasteiger partial charge is 0.393 e. The Morgan fingerprint density at radius 2 is 1.49 bits per heavy atom. The van der Waals surface area contributed by atoms with Gasteiger partial charge in [-0.2, -0.15) is 0 Å². The molecule has 4 N–H and O–H groups in total. The number of rotatable bonds is 19. The van der Waals surface area contributed by atoms with E-state index in [4.69, 9.17) is 4.98 Å². The highest BCUT2D eigenvalue weighted by atomic mass is 16.3. The van der Waals surface area contributed by atoms with E-state index < -0.39 is 12.0 Å². The average molecular weight is 934 g/mol. The van der Waals surface area contributed by atoms with Crippen molar-refractivity contribution in [3.8, 4) is 34.2 Å². The van der Waals surface area contributed by atoms with Gasteiger partial charge < -0.3 is 29.6 Å². The molecular weight excluding hydrogens is 863 g/mol. The van der Waals surface area contributed by atoms with E-state index >= 15 is 0 Å². The smallest absolute Gasteiger partial charge is 0.245 e. The Kier molecular flexibility index (Phi) is 17.9. The molecule has 0 radical (unpaired) electrons. The van der Waals surface area contributed by atoms with E-state index in [2.05, 4.69) is 87.4 Å². The van der Waals surface area contributed by atoms with Gasteiger partial charge in [0.25, 0.3) is 0 Å². The van der Waals surface area contributed by atoms with Gasteiger partial charge >= 0.3 is 0 Å². The van der Waals surface area contributed by atoms with Crippen molar-refractivity contribution in [1.82, 2.24) is 24.3 Å². The fourth-order valence-corrected chi connectivity index (χ4v) is 9.62. The number of β-amino-alcohol motifs (C(OH)–C–C–N with tert-alkyl or cyclic N) is 1. The van der Waals surface area contributed by atoms with Gasteiger partial charge in [0, 0.05) is 68.8 Å². The van der Waals surface area contributed by atoms with E-state index in [9.17, 15) is 30.0 Å². The molecule has 1 aliphatic carbocycles.